The van der Waals surface area contributed by atoms with E-state index < -0.39 is 0 Å². The summed E-state index contributed by atoms with van der Waals surface area (Å²) in [5, 5.41) is 10.9. The second-order valence-electron chi connectivity index (χ2n) is 3.20. The predicted molar refractivity (Wildman–Crippen MR) is 64.2 cm³/mol. The van der Waals surface area contributed by atoms with Gasteiger partial charge in [-0.25, -0.2) is 4.39 Å². The Morgan fingerprint density at radius 1 is 1.25 bits per heavy atom. The normalized spacial score (nSPS) is 11.1. The molecule has 0 amide bonds. The number of nitrogens with zero attached hydrogens (tertiary/aromatic N) is 1. The number of hydrogen-bond acceptors (Lipinski definition) is 2. The van der Waals surface area contributed by atoms with E-state index in [0.29, 0.717) is 5.57 Å². The highest BCUT2D eigenvalue weighted by molar-refractivity contribution is 7.11. The monoisotopic (exact) mass is 229 g/mol. The number of benzene rings is 1. The summed E-state index contributed by atoms with van der Waals surface area (Å²) < 4.78 is 12.7. The van der Waals surface area contributed by atoms with Crippen molar-refractivity contribution in [1.29, 1.82) is 5.26 Å². The predicted octanol–water partition coefficient (Wildman–Crippen LogP) is 3.95. The maximum absolute atomic E-state index is 12.7. The van der Waals surface area contributed by atoms with Crippen molar-refractivity contribution in [1.82, 2.24) is 0 Å². The molecule has 78 valence electrons. The lowest BCUT2D eigenvalue weighted by Gasteiger charge is -1.95. The first-order valence-corrected chi connectivity index (χ1v) is 5.59. The van der Waals surface area contributed by atoms with Crippen molar-refractivity contribution in [3.8, 4) is 6.07 Å². The van der Waals surface area contributed by atoms with Gasteiger partial charge in [0, 0.05) is 4.88 Å². The molecule has 1 aromatic heterocycles. The van der Waals surface area contributed by atoms with E-state index in [0.717, 1.165) is 10.4 Å². The molecule has 1 nitrogen and oxygen atoms in total. The summed E-state index contributed by atoms with van der Waals surface area (Å²) >= 11 is 1.51. The van der Waals surface area contributed by atoms with Gasteiger partial charge in [0.25, 0.3) is 0 Å². The van der Waals surface area contributed by atoms with E-state index in [4.69, 9.17) is 5.26 Å². The van der Waals surface area contributed by atoms with Gasteiger partial charge in [-0.3, -0.25) is 0 Å². The van der Waals surface area contributed by atoms with E-state index >= 15 is 0 Å². The van der Waals surface area contributed by atoms with Crippen molar-refractivity contribution in [3.63, 3.8) is 0 Å². The average molecular weight is 229 g/mol. The van der Waals surface area contributed by atoms with Crippen LogP contribution in [0.3, 0.4) is 0 Å². The molecule has 2 rings (SSSR count). The fourth-order valence-electron chi connectivity index (χ4n) is 1.32. The summed E-state index contributed by atoms with van der Waals surface area (Å²) in [5.41, 5.74) is 1.42. The zero-order valence-corrected chi connectivity index (χ0v) is 9.17. The molecule has 0 unspecified atom stereocenters. The lowest BCUT2D eigenvalue weighted by Crippen LogP contribution is -1.78. The highest BCUT2D eigenvalue weighted by atomic mass is 32.1. The maximum Gasteiger partial charge on any atom is 0.123 e. The third-order valence-corrected chi connectivity index (χ3v) is 2.99. The zero-order valence-electron chi connectivity index (χ0n) is 8.35. The summed E-state index contributed by atoms with van der Waals surface area (Å²) in [5.74, 6) is -0.271. The summed E-state index contributed by atoms with van der Waals surface area (Å²) in [7, 11) is 0. The molecule has 0 fully saturated rings. The summed E-state index contributed by atoms with van der Waals surface area (Å²) in [4.78, 5) is 0.923. The van der Waals surface area contributed by atoms with E-state index in [-0.39, 0.29) is 5.82 Å². The number of rotatable bonds is 2. The van der Waals surface area contributed by atoms with Crippen molar-refractivity contribution in [2.45, 2.75) is 0 Å². The van der Waals surface area contributed by atoms with Gasteiger partial charge in [0.05, 0.1) is 5.57 Å². The van der Waals surface area contributed by atoms with E-state index in [1.165, 1.54) is 23.5 Å². The first-order valence-electron chi connectivity index (χ1n) is 4.71. The number of nitriles is 1. The minimum atomic E-state index is -0.271. The Labute approximate surface area is 97.1 Å². The van der Waals surface area contributed by atoms with Crippen LogP contribution in [0.15, 0.2) is 41.8 Å². The summed E-state index contributed by atoms with van der Waals surface area (Å²) in [6.45, 7) is 0. The number of thiophene rings is 1. The largest absolute Gasteiger partial charge is 0.207 e. The van der Waals surface area contributed by atoms with Gasteiger partial charge in [-0.1, -0.05) is 18.2 Å². The maximum atomic E-state index is 12.7. The molecule has 2 aromatic rings. The minimum Gasteiger partial charge on any atom is -0.207 e. The van der Waals surface area contributed by atoms with Gasteiger partial charge in [0.1, 0.15) is 11.9 Å². The Kier molecular flexibility index (Phi) is 3.13. The molecular formula is C13H8FNS. The summed E-state index contributed by atoms with van der Waals surface area (Å²) in [6.07, 6.45) is 1.76. The van der Waals surface area contributed by atoms with Crippen molar-refractivity contribution in [2.75, 3.05) is 0 Å². The molecule has 0 aliphatic carbocycles. The first kappa shape index (κ1) is 10.6. The van der Waals surface area contributed by atoms with Crippen LogP contribution in [0.25, 0.3) is 11.6 Å². The third kappa shape index (κ3) is 2.36. The smallest absolute Gasteiger partial charge is 0.123 e. The van der Waals surface area contributed by atoms with Gasteiger partial charge >= 0.3 is 0 Å². The molecule has 0 saturated heterocycles. The Hall–Kier alpha value is -1.92. The Balaban J connectivity index is 2.36. The van der Waals surface area contributed by atoms with Gasteiger partial charge in [-0.15, -0.1) is 11.3 Å². The molecule has 0 N–H and O–H groups in total. The topological polar surface area (TPSA) is 23.8 Å². The van der Waals surface area contributed by atoms with Crippen molar-refractivity contribution in [2.24, 2.45) is 0 Å². The van der Waals surface area contributed by atoms with Crippen LogP contribution in [0.4, 0.5) is 4.39 Å². The highest BCUT2D eigenvalue weighted by Crippen LogP contribution is 2.22. The molecular weight excluding hydrogens is 221 g/mol. The minimum absolute atomic E-state index is 0.271. The molecule has 1 aromatic carbocycles. The second-order valence-corrected chi connectivity index (χ2v) is 4.15. The quantitative estimate of drug-likeness (QED) is 0.715. The van der Waals surface area contributed by atoms with Crippen LogP contribution in [0.1, 0.15) is 10.4 Å². The highest BCUT2D eigenvalue weighted by Gasteiger charge is 2.01. The Morgan fingerprint density at radius 3 is 2.56 bits per heavy atom. The van der Waals surface area contributed by atoms with Crippen LogP contribution in [0, 0.1) is 17.1 Å². The van der Waals surface area contributed by atoms with E-state index in [9.17, 15) is 4.39 Å². The SMILES string of the molecule is N#C/C(=C\c1ccc(F)cc1)c1cccs1. The second kappa shape index (κ2) is 4.73. The van der Waals surface area contributed by atoms with Gasteiger partial charge in [-0.05, 0) is 35.2 Å². The van der Waals surface area contributed by atoms with Crippen LogP contribution in [0.5, 0.6) is 0 Å². The molecule has 16 heavy (non-hydrogen) atoms. The molecule has 0 spiro atoms. The Bertz CT molecular complexity index is 532. The summed E-state index contributed by atoms with van der Waals surface area (Å²) in [6, 6.07) is 12.0. The van der Waals surface area contributed by atoms with Crippen molar-refractivity contribution >= 4 is 23.0 Å². The molecule has 0 radical (unpaired) electrons. The van der Waals surface area contributed by atoms with E-state index in [2.05, 4.69) is 6.07 Å². The van der Waals surface area contributed by atoms with Crippen LogP contribution in [0.2, 0.25) is 0 Å². The lowest BCUT2D eigenvalue weighted by molar-refractivity contribution is 0.628. The molecule has 0 saturated carbocycles. The average Bonchev–Trinajstić information content (AvgIpc) is 2.82. The van der Waals surface area contributed by atoms with E-state index in [1.807, 2.05) is 17.5 Å². The molecule has 0 bridgehead atoms. The molecule has 3 heteroatoms. The molecule has 0 atom stereocenters. The Morgan fingerprint density at radius 2 is 2.00 bits per heavy atom. The molecule has 0 aliphatic heterocycles. The van der Waals surface area contributed by atoms with Crippen LogP contribution in [-0.4, -0.2) is 0 Å². The molecule has 1 heterocycles. The van der Waals surface area contributed by atoms with Gasteiger partial charge in [0.2, 0.25) is 0 Å². The third-order valence-electron chi connectivity index (χ3n) is 2.09. The standard InChI is InChI=1S/C13H8FNS/c14-12-5-3-10(4-6-12)8-11(9-15)13-2-1-7-16-13/h1-8H/b11-8+. The van der Waals surface area contributed by atoms with Crippen LogP contribution < -0.4 is 0 Å². The molecule has 0 aliphatic rings. The van der Waals surface area contributed by atoms with Gasteiger partial charge in [0.15, 0.2) is 0 Å². The van der Waals surface area contributed by atoms with Crippen molar-refractivity contribution in [3.05, 3.63) is 58.0 Å². The lowest BCUT2D eigenvalue weighted by atomic mass is 10.1. The van der Waals surface area contributed by atoms with Gasteiger partial charge in [-0.2, -0.15) is 5.26 Å². The van der Waals surface area contributed by atoms with E-state index in [1.54, 1.807) is 18.2 Å². The zero-order chi connectivity index (χ0) is 11.4. The number of hydrogen-bond donors (Lipinski definition) is 0. The number of halogens is 1. The first-order chi connectivity index (χ1) is 7.79. The van der Waals surface area contributed by atoms with Crippen molar-refractivity contribution < 1.29 is 4.39 Å². The fraction of sp³-hybridized carbons (Fsp3) is 0. The van der Waals surface area contributed by atoms with Crippen LogP contribution >= 0.6 is 11.3 Å². The fourth-order valence-corrected chi connectivity index (χ4v) is 2.01. The number of allylic oxidation sites excluding steroid dienone is 1. The van der Waals surface area contributed by atoms with Gasteiger partial charge < -0.3 is 0 Å². The van der Waals surface area contributed by atoms with Crippen LogP contribution in [-0.2, 0) is 0 Å².